The van der Waals surface area contributed by atoms with Crippen LogP contribution in [0.4, 0.5) is 5.69 Å². The first-order chi connectivity index (χ1) is 11.0. The molecule has 2 aromatic rings. The van der Waals surface area contributed by atoms with Crippen molar-refractivity contribution < 1.29 is 9.59 Å². The van der Waals surface area contributed by atoms with E-state index in [-0.39, 0.29) is 18.4 Å². The predicted octanol–water partition coefficient (Wildman–Crippen LogP) is 2.82. The van der Waals surface area contributed by atoms with Crippen molar-refractivity contribution in [2.75, 3.05) is 18.4 Å². The monoisotopic (exact) mass is 313 g/mol. The Morgan fingerprint density at radius 2 is 1.91 bits per heavy atom. The Balaban J connectivity index is 2.07. The molecule has 0 aliphatic carbocycles. The molecule has 0 bridgehead atoms. The summed E-state index contributed by atoms with van der Waals surface area (Å²) in [6, 6.07) is 11.2. The van der Waals surface area contributed by atoms with Crippen molar-refractivity contribution in [2.24, 2.45) is 7.05 Å². The molecule has 0 radical (unpaired) electrons. The standard InChI is InChI=1S/C18H23N3O2/c1-4-11-21(18(23)16-10-7-12-20(16)3)13-17(22)19-15-9-6-5-8-14(15)2/h5-10,12H,4,11,13H2,1-3H3,(H,19,22). The fourth-order valence-corrected chi connectivity index (χ4v) is 2.44. The van der Waals surface area contributed by atoms with E-state index in [1.807, 2.05) is 57.4 Å². The molecule has 0 atom stereocenters. The molecule has 5 nitrogen and oxygen atoms in total. The first kappa shape index (κ1) is 16.8. The Morgan fingerprint density at radius 3 is 2.52 bits per heavy atom. The van der Waals surface area contributed by atoms with Crippen LogP contribution in [0.3, 0.4) is 0 Å². The van der Waals surface area contributed by atoms with Crippen molar-refractivity contribution in [1.82, 2.24) is 9.47 Å². The van der Waals surface area contributed by atoms with Crippen LogP contribution in [0, 0.1) is 6.92 Å². The average molecular weight is 313 g/mol. The molecule has 0 spiro atoms. The maximum Gasteiger partial charge on any atom is 0.270 e. The molecule has 2 amide bonds. The third-order valence-electron chi connectivity index (χ3n) is 3.70. The zero-order chi connectivity index (χ0) is 16.8. The predicted molar refractivity (Wildman–Crippen MR) is 91.4 cm³/mol. The van der Waals surface area contributed by atoms with E-state index in [0.29, 0.717) is 12.2 Å². The molecule has 0 aliphatic heterocycles. The minimum absolute atomic E-state index is 0.0478. The lowest BCUT2D eigenvalue weighted by Crippen LogP contribution is -2.39. The van der Waals surface area contributed by atoms with Crippen LogP contribution in [-0.4, -0.2) is 34.4 Å². The molecule has 0 saturated heterocycles. The Labute approximate surface area is 136 Å². The summed E-state index contributed by atoms with van der Waals surface area (Å²) in [4.78, 5) is 26.5. The van der Waals surface area contributed by atoms with Gasteiger partial charge in [0.25, 0.3) is 5.91 Å². The van der Waals surface area contributed by atoms with Gasteiger partial charge in [0.2, 0.25) is 5.91 Å². The summed E-state index contributed by atoms with van der Waals surface area (Å²) in [5, 5.41) is 2.87. The van der Waals surface area contributed by atoms with Crippen molar-refractivity contribution in [2.45, 2.75) is 20.3 Å². The van der Waals surface area contributed by atoms with Crippen LogP contribution in [0.1, 0.15) is 29.4 Å². The normalized spacial score (nSPS) is 10.4. The summed E-state index contributed by atoms with van der Waals surface area (Å²) in [5.41, 5.74) is 2.36. The minimum Gasteiger partial charge on any atom is -0.347 e. The number of anilines is 1. The number of hydrogen-bond acceptors (Lipinski definition) is 2. The SMILES string of the molecule is CCCN(CC(=O)Nc1ccccc1C)C(=O)c1cccn1C. The summed E-state index contributed by atoms with van der Waals surface area (Å²) < 4.78 is 1.77. The van der Waals surface area contributed by atoms with E-state index in [0.717, 1.165) is 17.7 Å². The van der Waals surface area contributed by atoms with Crippen LogP contribution in [-0.2, 0) is 11.8 Å². The molecule has 2 rings (SSSR count). The molecule has 1 aromatic heterocycles. The fourth-order valence-electron chi connectivity index (χ4n) is 2.44. The maximum atomic E-state index is 12.6. The van der Waals surface area contributed by atoms with Gasteiger partial charge in [0.05, 0.1) is 0 Å². The zero-order valence-electron chi connectivity index (χ0n) is 13.9. The van der Waals surface area contributed by atoms with Crippen LogP contribution < -0.4 is 5.32 Å². The lowest BCUT2D eigenvalue weighted by molar-refractivity contribution is -0.116. The molecule has 1 aromatic carbocycles. The van der Waals surface area contributed by atoms with Crippen molar-refractivity contribution in [1.29, 1.82) is 0 Å². The third kappa shape index (κ3) is 4.22. The highest BCUT2D eigenvalue weighted by Gasteiger charge is 2.20. The van der Waals surface area contributed by atoms with E-state index in [2.05, 4.69) is 5.32 Å². The van der Waals surface area contributed by atoms with Gasteiger partial charge in [-0.15, -0.1) is 0 Å². The number of amides is 2. The van der Waals surface area contributed by atoms with Crippen LogP contribution >= 0.6 is 0 Å². The highest BCUT2D eigenvalue weighted by atomic mass is 16.2. The summed E-state index contributed by atoms with van der Waals surface area (Å²) in [6.45, 7) is 4.52. The number of benzene rings is 1. The van der Waals surface area contributed by atoms with Gasteiger partial charge in [-0.05, 0) is 37.1 Å². The number of hydrogen-bond donors (Lipinski definition) is 1. The highest BCUT2D eigenvalue weighted by Crippen LogP contribution is 2.13. The first-order valence-electron chi connectivity index (χ1n) is 7.79. The Morgan fingerprint density at radius 1 is 1.17 bits per heavy atom. The molecule has 1 N–H and O–H groups in total. The van der Waals surface area contributed by atoms with Crippen LogP contribution in [0.25, 0.3) is 0 Å². The molecule has 0 saturated carbocycles. The third-order valence-corrected chi connectivity index (χ3v) is 3.70. The van der Waals surface area contributed by atoms with Crippen LogP contribution in [0.5, 0.6) is 0 Å². The molecule has 1 heterocycles. The van der Waals surface area contributed by atoms with Gasteiger partial charge < -0.3 is 14.8 Å². The first-order valence-corrected chi connectivity index (χ1v) is 7.79. The maximum absolute atomic E-state index is 12.6. The van der Waals surface area contributed by atoms with E-state index in [4.69, 9.17) is 0 Å². The number of rotatable bonds is 6. The van der Waals surface area contributed by atoms with E-state index >= 15 is 0 Å². The van der Waals surface area contributed by atoms with Crippen molar-refractivity contribution >= 4 is 17.5 Å². The van der Waals surface area contributed by atoms with Crippen molar-refractivity contribution in [3.8, 4) is 0 Å². The van der Waals surface area contributed by atoms with Gasteiger partial charge in [-0.1, -0.05) is 25.1 Å². The molecule has 5 heteroatoms. The second kappa shape index (κ2) is 7.63. The molecule has 122 valence electrons. The second-order valence-corrected chi connectivity index (χ2v) is 5.59. The van der Waals surface area contributed by atoms with Crippen LogP contribution in [0.15, 0.2) is 42.6 Å². The van der Waals surface area contributed by atoms with Gasteiger partial charge in [0, 0.05) is 25.5 Å². The zero-order valence-corrected chi connectivity index (χ0v) is 13.9. The second-order valence-electron chi connectivity index (χ2n) is 5.59. The number of aryl methyl sites for hydroxylation is 2. The minimum atomic E-state index is -0.185. The summed E-state index contributed by atoms with van der Waals surface area (Å²) in [7, 11) is 1.82. The summed E-state index contributed by atoms with van der Waals surface area (Å²) in [6.07, 6.45) is 2.62. The Hall–Kier alpha value is -2.56. The fraction of sp³-hybridized carbons (Fsp3) is 0.333. The summed E-state index contributed by atoms with van der Waals surface area (Å²) >= 11 is 0. The number of para-hydroxylation sites is 1. The Bertz CT molecular complexity index is 691. The number of nitrogens with one attached hydrogen (secondary N) is 1. The lowest BCUT2D eigenvalue weighted by atomic mass is 10.2. The average Bonchev–Trinajstić information content (AvgIpc) is 2.94. The number of carbonyl (C=O) groups is 2. The van der Waals surface area contributed by atoms with E-state index < -0.39 is 0 Å². The topological polar surface area (TPSA) is 54.3 Å². The van der Waals surface area contributed by atoms with Crippen molar-refractivity contribution in [3.05, 3.63) is 53.9 Å². The molecular formula is C18H23N3O2. The molecule has 23 heavy (non-hydrogen) atoms. The van der Waals surface area contributed by atoms with E-state index in [1.54, 1.807) is 15.5 Å². The van der Waals surface area contributed by atoms with Gasteiger partial charge in [-0.25, -0.2) is 0 Å². The van der Waals surface area contributed by atoms with Gasteiger partial charge >= 0.3 is 0 Å². The molecular weight excluding hydrogens is 290 g/mol. The van der Waals surface area contributed by atoms with E-state index in [1.165, 1.54) is 0 Å². The lowest BCUT2D eigenvalue weighted by Gasteiger charge is -2.22. The van der Waals surface area contributed by atoms with E-state index in [9.17, 15) is 9.59 Å². The highest BCUT2D eigenvalue weighted by molar-refractivity contribution is 5.98. The number of aromatic nitrogens is 1. The largest absolute Gasteiger partial charge is 0.347 e. The van der Waals surface area contributed by atoms with Gasteiger partial charge in [0.15, 0.2) is 0 Å². The quantitative estimate of drug-likeness (QED) is 0.891. The Kier molecular flexibility index (Phi) is 5.57. The van der Waals surface area contributed by atoms with Gasteiger partial charge in [-0.2, -0.15) is 0 Å². The summed E-state index contributed by atoms with van der Waals surface area (Å²) in [5.74, 6) is -0.311. The number of nitrogens with zero attached hydrogens (tertiary/aromatic N) is 2. The molecule has 0 unspecified atom stereocenters. The smallest absolute Gasteiger partial charge is 0.270 e. The van der Waals surface area contributed by atoms with Crippen LogP contribution in [0.2, 0.25) is 0 Å². The number of carbonyl (C=O) groups excluding carboxylic acids is 2. The van der Waals surface area contributed by atoms with Gasteiger partial charge in [0.1, 0.15) is 12.2 Å². The van der Waals surface area contributed by atoms with Gasteiger partial charge in [-0.3, -0.25) is 9.59 Å². The molecule has 0 aliphatic rings. The molecule has 0 fully saturated rings. The van der Waals surface area contributed by atoms with Crippen molar-refractivity contribution in [3.63, 3.8) is 0 Å².